The van der Waals surface area contributed by atoms with Crippen molar-refractivity contribution in [3.63, 3.8) is 0 Å². The van der Waals surface area contributed by atoms with Gasteiger partial charge in [0.2, 0.25) is 0 Å². The number of rotatable bonds is 3. The number of aromatic nitrogens is 2. The molecule has 1 atom stereocenters. The van der Waals surface area contributed by atoms with E-state index in [1.807, 2.05) is 52.0 Å². The Hall–Kier alpha value is -2.37. The minimum absolute atomic E-state index is 0.196. The molecule has 0 aliphatic carbocycles. The highest BCUT2D eigenvalue weighted by molar-refractivity contribution is 5.68. The number of ether oxygens (including phenoxy) is 1. The molecule has 1 unspecified atom stereocenters. The van der Waals surface area contributed by atoms with E-state index < -0.39 is 11.7 Å². The van der Waals surface area contributed by atoms with Crippen molar-refractivity contribution in [1.29, 1.82) is 0 Å². The first kappa shape index (κ1) is 16.0. The van der Waals surface area contributed by atoms with Crippen LogP contribution in [0.2, 0.25) is 0 Å². The van der Waals surface area contributed by atoms with Gasteiger partial charge in [0, 0.05) is 0 Å². The van der Waals surface area contributed by atoms with Gasteiger partial charge in [-0.05, 0) is 45.4 Å². The molecule has 0 radical (unpaired) electrons. The third-order valence-electron chi connectivity index (χ3n) is 2.94. The highest BCUT2D eigenvalue weighted by atomic mass is 19.1. The summed E-state index contributed by atoms with van der Waals surface area (Å²) in [5.74, 6) is -0.385. The number of nitrogens with one attached hydrogen (secondary N) is 1. The van der Waals surface area contributed by atoms with Crippen molar-refractivity contribution < 1.29 is 13.9 Å². The number of carbonyl (C=O) groups excluding carboxylic acids is 1. The number of hydrogen-bond acceptors (Lipinski definition) is 3. The average Bonchev–Trinajstić information content (AvgIpc) is 2.83. The Kier molecular flexibility index (Phi) is 4.49. The molecule has 0 aliphatic heterocycles. The van der Waals surface area contributed by atoms with E-state index in [0.29, 0.717) is 0 Å². The maximum Gasteiger partial charge on any atom is 0.408 e. The van der Waals surface area contributed by atoms with Crippen molar-refractivity contribution in [3.05, 3.63) is 48.0 Å². The van der Waals surface area contributed by atoms with Gasteiger partial charge in [-0.1, -0.05) is 12.1 Å². The Balaban J connectivity index is 2.02. The molecule has 0 fully saturated rings. The highest BCUT2D eigenvalue weighted by Crippen LogP contribution is 2.16. The quantitative estimate of drug-likeness (QED) is 0.942. The SMILES string of the molecule is CC(NC(=O)OC(C)(C)C)c1ccc(-n2cc(F)cn2)cc1. The lowest BCUT2D eigenvalue weighted by molar-refractivity contribution is 0.0508. The first-order chi connectivity index (χ1) is 10.2. The summed E-state index contributed by atoms with van der Waals surface area (Å²) < 4.78 is 19.6. The normalized spacial score (nSPS) is 12.8. The van der Waals surface area contributed by atoms with Crippen LogP contribution < -0.4 is 5.32 Å². The van der Waals surface area contributed by atoms with Gasteiger partial charge in [-0.15, -0.1) is 0 Å². The van der Waals surface area contributed by atoms with Crippen LogP contribution in [0.1, 0.15) is 39.3 Å². The lowest BCUT2D eigenvalue weighted by Gasteiger charge is -2.22. The number of benzene rings is 1. The van der Waals surface area contributed by atoms with Crippen LogP contribution >= 0.6 is 0 Å². The number of hydrogen-bond donors (Lipinski definition) is 1. The standard InChI is InChI=1S/C16H20FN3O2/c1-11(19-15(21)22-16(2,3)4)12-5-7-14(8-6-12)20-10-13(17)9-18-20/h5-11H,1-4H3,(H,19,21). The molecule has 22 heavy (non-hydrogen) atoms. The van der Waals surface area contributed by atoms with Crippen LogP contribution in [-0.2, 0) is 4.74 Å². The van der Waals surface area contributed by atoms with E-state index in [-0.39, 0.29) is 11.9 Å². The summed E-state index contributed by atoms with van der Waals surface area (Å²) in [6.07, 6.45) is 2.00. The van der Waals surface area contributed by atoms with Crippen LogP contribution in [0, 0.1) is 5.82 Å². The van der Waals surface area contributed by atoms with Gasteiger partial charge >= 0.3 is 6.09 Å². The number of halogens is 1. The van der Waals surface area contributed by atoms with E-state index in [2.05, 4.69) is 10.4 Å². The fourth-order valence-corrected chi connectivity index (χ4v) is 1.93. The van der Waals surface area contributed by atoms with E-state index in [1.54, 1.807) is 0 Å². The van der Waals surface area contributed by atoms with Crippen LogP contribution in [0.25, 0.3) is 5.69 Å². The minimum atomic E-state index is -0.530. The molecule has 1 N–H and O–H groups in total. The Labute approximate surface area is 129 Å². The van der Waals surface area contributed by atoms with Crippen LogP contribution in [0.5, 0.6) is 0 Å². The second kappa shape index (κ2) is 6.17. The van der Waals surface area contributed by atoms with Crippen molar-refractivity contribution >= 4 is 6.09 Å². The van der Waals surface area contributed by atoms with E-state index in [1.165, 1.54) is 10.9 Å². The molecule has 0 bridgehead atoms. The predicted molar refractivity (Wildman–Crippen MR) is 81.3 cm³/mol. The molecule has 1 amide bonds. The van der Waals surface area contributed by atoms with Gasteiger partial charge in [0.25, 0.3) is 0 Å². The van der Waals surface area contributed by atoms with Crippen molar-refractivity contribution in [2.45, 2.75) is 39.3 Å². The first-order valence-electron chi connectivity index (χ1n) is 7.04. The molecule has 2 rings (SSSR count). The number of carbonyl (C=O) groups is 1. The summed E-state index contributed by atoms with van der Waals surface area (Å²) in [7, 11) is 0. The molecule has 0 saturated heterocycles. The third kappa shape index (κ3) is 4.31. The summed E-state index contributed by atoms with van der Waals surface area (Å²) in [6.45, 7) is 7.31. The molecule has 6 heteroatoms. The van der Waals surface area contributed by atoms with Gasteiger partial charge in [0.1, 0.15) is 5.60 Å². The predicted octanol–water partition coefficient (Wildman–Crippen LogP) is 3.60. The molecule has 1 aromatic heterocycles. The monoisotopic (exact) mass is 305 g/mol. The molecular weight excluding hydrogens is 285 g/mol. The lowest BCUT2D eigenvalue weighted by Crippen LogP contribution is -2.34. The lowest BCUT2D eigenvalue weighted by atomic mass is 10.1. The zero-order valence-corrected chi connectivity index (χ0v) is 13.1. The molecule has 0 spiro atoms. The second-order valence-corrected chi connectivity index (χ2v) is 6.06. The maximum atomic E-state index is 13.0. The van der Waals surface area contributed by atoms with Gasteiger partial charge in [0.15, 0.2) is 5.82 Å². The molecular formula is C16H20FN3O2. The average molecular weight is 305 g/mol. The van der Waals surface area contributed by atoms with Crippen molar-refractivity contribution in [1.82, 2.24) is 15.1 Å². The minimum Gasteiger partial charge on any atom is -0.444 e. The van der Waals surface area contributed by atoms with Crippen LogP contribution in [0.4, 0.5) is 9.18 Å². The molecule has 2 aromatic rings. The Morgan fingerprint density at radius 2 is 1.95 bits per heavy atom. The number of amides is 1. The van der Waals surface area contributed by atoms with Gasteiger partial charge in [-0.2, -0.15) is 5.10 Å². The first-order valence-corrected chi connectivity index (χ1v) is 7.04. The second-order valence-electron chi connectivity index (χ2n) is 6.06. The molecule has 5 nitrogen and oxygen atoms in total. The van der Waals surface area contributed by atoms with Crippen LogP contribution in [0.15, 0.2) is 36.7 Å². The summed E-state index contributed by atoms with van der Waals surface area (Å²) >= 11 is 0. The molecule has 0 aliphatic rings. The molecule has 0 saturated carbocycles. The van der Waals surface area contributed by atoms with E-state index >= 15 is 0 Å². The zero-order valence-electron chi connectivity index (χ0n) is 13.1. The number of alkyl carbamates (subject to hydrolysis) is 1. The van der Waals surface area contributed by atoms with E-state index in [4.69, 9.17) is 4.74 Å². The van der Waals surface area contributed by atoms with Crippen molar-refractivity contribution in [2.75, 3.05) is 0 Å². The van der Waals surface area contributed by atoms with Crippen LogP contribution in [-0.4, -0.2) is 21.5 Å². The van der Waals surface area contributed by atoms with Crippen LogP contribution in [0.3, 0.4) is 0 Å². The smallest absolute Gasteiger partial charge is 0.408 e. The highest BCUT2D eigenvalue weighted by Gasteiger charge is 2.18. The largest absolute Gasteiger partial charge is 0.444 e. The Morgan fingerprint density at radius 3 is 2.45 bits per heavy atom. The van der Waals surface area contributed by atoms with Crippen molar-refractivity contribution in [2.24, 2.45) is 0 Å². The molecule has 118 valence electrons. The Bertz CT molecular complexity index is 644. The number of nitrogens with zero attached hydrogens (tertiary/aromatic N) is 2. The summed E-state index contributed by atoms with van der Waals surface area (Å²) in [5.41, 5.74) is 1.14. The van der Waals surface area contributed by atoms with Gasteiger partial charge in [-0.25, -0.2) is 13.9 Å². The Morgan fingerprint density at radius 1 is 1.32 bits per heavy atom. The molecule has 1 heterocycles. The fourth-order valence-electron chi connectivity index (χ4n) is 1.93. The fraction of sp³-hybridized carbons (Fsp3) is 0.375. The van der Waals surface area contributed by atoms with Crippen molar-refractivity contribution in [3.8, 4) is 5.69 Å². The third-order valence-corrected chi connectivity index (χ3v) is 2.94. The van der Waals surface area contributed by atoms with Gasteiger partial charge in [0.05, 0.1) is 24.1 Å². The summed E-state index contributed by atoms with van der Waals surface area (Å²) in [5, 5.41) is 6.67. The summed E-state index contributed by atoms with van der Waals surface area (Å²) in [6, 6.07) is 7.15. The topological polar surface area (TPSA) is 56.1 Å². The van der Waals surface area contributed by atoms with Gasteiger partial charge < -0.3 is 10.1 Å². The summed E-state index contributed by atoms with van der Waals surface area (Å²) in [4.78, 5) is 11.7. The van der Waals surface area contributed by atoms with E-state index in [0.717, 1.165) is 17.4 Å². The van der Waals surface area contributed by atoms with Gasteiger partial charge in [-0.3, -0.25) is 0 Å². The zero-order chi connectivity index (χ0) is 16.3. The van der Waals surface area contributed by atoms with E-state index in [9.17, 15) is 9.18 Å². The molecule has 1 aromatic carbocycles. The maximum absolute atomic E-state index is 13.0.